The van der Waals surface area contributed by atoms with Crippen molar-refractivity contribution in [1.82, 2.24) is 14.9 Å². The zero-order valence-electron chi connectivity index (χ0n) is 20.1. The Morgan fingerprint density at radius 1 is 1.03 bits per heavy atom. The summed E-state index contributed by atoms with van der Waals surface area (Å²) in [6, 6.07) is 19.3. The van der Waals surface area contributed by atoms with Gasteiger partial charge in [0.2, 0.25) is 0 Å². The van der Waals surface area contributed by atoms with Crippen LogP contribution in [0.3, 0.4) is 0 Å². The number of halogens is 1. The van der Waals surface area contributed by atoms with Crippen LogP contribution in [0, 0.1) is 26.6 Å². The number of nitrogens with one attached hydrogen (secondary N) is 1. The number of carboxylic acid groups (broad SMARTS) is 1. The Hall–Kier alpha value is -4.04. The van der Waals surface area contributed by atoms with Crippen molar-refractivity contribution in [2.45, 2.75) is 32.9 Å². The molecular formula is C28H25FN4O2S. The van der Waals surface area contributed by atoms with Crippen LogP contribution in [0.25, 0.3) is 5.69 Å². The van der Waals surface area contributed by atoms with Crippen molar-refractivity contribution in [2.75, 3.05) is 4.90 Å². The third-order valence-corrected chi connectivity index (χ3v) is 6.99. The molecule has 0 radical (unpaired) electrons. The predicted octanol–water partition coefficient (Wildman–Crippen LogP) is 5.81. The quantitative estimate of drug-likeness (QED) is 0.337. The van der Waals surface area contributed by atoms with Gasteiger partial charge in [0, 0.05) is 29.0 Å². The van der Waals surface area contributed by atoms with Gasteiger partial charge in [0.15, 0.2) is 5.11 Å². The predicted molar refractivity (Wildman–Crippen MR) is 141 cm³/mol. The minimum Gasteiger partial charge on any atom is -0.478 e. The smallest absolute Gasteiger partial charge is 0.335 e. The summed E-state index contributed by atoms with van der Waals surface area (Å²) in [5, 5.41) is 13.3. The lowest BCUT2D eigenvalue weighted by molar-refractivity contribution is 0.0697. The molecule has 182 valence electrons. The number of anilines is 1. The molecule has 0 amide bonds. The van der Waals surface area contributed by atoms with Gasteiger partial charge in [0.25, 0.3) is 0 Å². The van der Waals surface area contributed by atoms with Crippen LogP contribution >= 0.6 is 12.2 Å². The minimum absolute atomic E-state index is 0.229. The Balaban J connectivity index is 1.66. The van der Waals surface area contributed by atoms with Gasteiger partial charge in [0.05, 0.1) is 23.3 Å². The fraction of sp³-hybridized carbons (Fsp3) is 0.179. The molecule has 36 heavy (non-hydrogen) atoms. The fourth-order valence-electron chi connectivity index (χ4n) is 4.97. The molecule has 6 nitrogen and oxygen atoms in total. The summed E-state index contributed by atoms with van der Waals surface area (Å²) in [5.74, 6) is -1.23. The molecule has 4 aromatic rings. The number of hydrogen-bond donors (Lipinski definition) is 2. The van der Waals surface area contributed by atoms with Gasteiger partial charge in [-0.3, -0.25) is 4.98 Å². The lowest BCUT2D eigenvalue weighted by atomic mass is 9.96. The molecule has 1 aliphatic rings. The van der Waals surface area contributed by atoms with Gasteiger partial charge in [-0.25, -0.2) is 9.18 Å². The van der Waals surface area contributed by atoms with E-state index in [1.165, 1.54) is 6.07 Å². The van der Waals surface area contributed by atoms with Crippen LogP contribution in [0.5, 0.6) is 0 Å². The second-order valence-electron chi connectivity index (χ2n) is 8.94. The van der Waals surface area contributed by atoms with Crippen LogP contribution in [0.4, 0.5) is 10.1 Å². The molecule has 2 aromatic heterocycles. The van der Waals surface area contributed by atoms with Crippen molar-refractivity contribution in [1.29, 1.82) is 0 Å². The number of pyridine rings is 1. The molecule has 1 saturated heterocycles. The van der Waals surface area contributed by atoms with E-state index in [0.29, 0.717) is 10.7 Å². The number of aromatic carboxylic acids is 1. The highest BCUT2D eigenvalue weighted by molar-refractivity contribution is 7.80. The lowest BCUT2D eigenvalue weighted by Gasteiger charge is -2.28. The van der Waals surface area contributed by atoms with E-state index in [1.54, 1.807) is 37.4 Å². The van der Waals surface area contributed by atoms with E-state index in [9.17, 15) is 14.3 Å². The van der Waals surface area contributed by atoms with Gasteiger partial charge in [-0.2, -0.15) is 0 Å². The number of carbonyl (C=O) groups is 1. The van der Waals surface area contributed by atoms with E-state index in [1.807, 2.05) is 49.1 Å². The summed E-state index contributed by atoms with van der Waals surface area (Å²) in [7, 11) is 0. The van der Waals surface area contributed by atoms with Crippen LogP contribution in [0.1, 0.15) is 50.7 Å². The first-order valence-electron chi connectivity index (χ1n) is 11.6. The van der Waals surface area contributed by atoms with Crippen molar-refractivity contribution in [3.05, 3.63) is 113 Å². The Labute approximate surface area is 214 Å². The zero-order chi connectivity index (χ0) is 25.6. The van der Waals surface area contributed by atoms with E-state index in [-0.39, 0.29) is 23.5 Å². The molecule has 2 unspecified atom stereocenters. The Morgan fingerprint density at radius 3 is 2.39 bits per heavy atom. The molecule has 2 N–H and O–H groups in total. The monoisotopic (exact) mass is 500 g/mol. The highest BCUT2D eigenvalue weighted by Crippen LogP contribution is 2.44. The highest BCUT2D eigenvalue weighted by atomic mass is 32.1. The molecule has 1 fully saturated rings. The maximum Gasteiger partial charge on any atom is 0.335 e. The van der Waals surface area contributed by atoms with Gasteiger partial charge < -0.3 is 19.9 Å². The molecule has 8 heteroatoms. The van der Waals surface area contributed by atoms with Gasteiger partial charge in [-0.1, -0.05) is 6.07 Å². The first-order valence-corrected chi connectivity index (χ1v) is 12.0. The minimum atomic E-state index is -0.961. The Kier molecular flexibility index (Phi) is 6.05. The molecule has 0 bridgehead atoms. The second-order valence-corrected chi connectivity index (χ2v) is 9.33. The molecule has 2 atom stereocenters. The van der Waals surface area contributed by atoms with E-state index < -0.39 is 5.97 Å². The third kappa shape index (κ3) is 4.03. The molecular weight excluding hydrogens is 475 g/mol. The van der Waals surface area contributed by atoms with Crippen LogP contribution in [0.15, 0.2) is 72.9 Å². The number of nitrogens with zero attached hydrogens (tertiary/aromatic N) is 3. The summed E-state index contributed by atoms with van der Waals surface area (Å²) in [6.45, 7) is 5.80. The molecule has 0 aliphatic carbocycles. The number of hydrogen-bond acceptors (Lipinski definition) is 3. The normalized spacial score (nSPS) is 17.3. The number of aryl methyl sites for hydroxylation is 2. The van der Waals surface area contributed by atoms with E-state index in [2.05, 4.69) is 20.9 Å². The van der Waals surface area contributed by atoms with Crippen LogP contribution in [-0.4, -0.2) is 25.7 Å². The zero-order valence-corrected chi connectivity index (χ0v) is 20.9. The van der Waals surface area contributed by atoms with Gasteiger partial charge in [-0.05, 0) is 105 Å². The summed E-state index contributed by atoms with van der Waals surface area (Å²) in [5.41, 5.74) is 6.33. The average molecular weight is 501 g/mol. The molecule has 0 saturated carbocycles. The summed E-state index contributed by atoms with van der Waals surface area (Å²) < 4.78 is 16.2. The topological polar surface area (TPSA) is 70.4 Å². The summed E-state index contributed by atoms with van der Waals surface area (Å²) >= 11 is 5.80. The Morgan fingerprint density at radius 2 is 1.75 bits per heavy atom. The van der Waals surface area contributed by atoms with E-state index >= 15 is 0 Å². The van der Waals surface area contributed by atoms with Crippen LogP contribution in [0.2, 0.25) is 0 Å². The first-order chi connectivity index (χ1) is 17.3. The van der Waals surface area contributed by atoms with Gasteiger partial charge in [-0.15, -0.1) is 0 Å². The standard InChI is InChI=1S/C28H25FN4O2S/c1-16-14-21(11-12-23(16)29)33-26(25(31-28(33)36)24-6-4-5-13-30-24)22-15-17(2)32(18(22)3)20-9-7-19(8-10-20)27(34)35/h4-15,25-26H,1-3H3,(H,31,36)(H,34,35). The molecule has 2 aromatic carbocycles. The van der Waals surface area contributed by atoms with Crippen LogP contribution in [-0.2, 0) is 0 Å². The van der Waals surface area contributed by atoms with Crippen molar-refractivity contribution in [2.24, 2.45) is 0 Å². The number of benzene rings is 2. The SMILES string of the molecule is Cc1cc(N2C(=S)NC(c3ccccn3)C2c2cc(C)n(-c3ccc(C(=O)O)cc3)c2C)ccc1F. The third-order valence-electron chi connectivity index (χ3n) is 6.68. The maximum atomic E-state index is 14.1. The molecule has 5 rings (SSSR count). The van der Waals surface area contributed by atoms with Crippen molar-refractivity contribution < 1.29 is 14.3 Å². The number of aromatic nitrogens is 2. The molecule has 3 heterocycles. The number of carboxylic acids is 1. The Bertz CT molecular complexity index is 1470. The van der Waals surface area contributed by atoms with Gasteiger partial charge >= 0.3 is 5.97 Å². The molecule has 0 spiro atoms. The first kappa shape index (κ1) is 23.7. The highest BCUT2D eigenvalue weighted by Gasteiger charge is 2.42. The average Bonchev–Trinajstić information content (AvgIpc) is 3.36. The van der Waals surface area contributed by atoms with Crippen molar-refractivity contribution in [3.63, 3.8) is 0 Å². The lowest BCUT2D eigenvalue weighted by Crippen LogP contribution is -2.29. The van der Waals surface area contributed by atoms with E-state index in [4.69, 9.17) is 12.2 Å². The molecule has 1 aliphatic heterocycles. The fourth-order valence-corrected chi connectivity index (χ4v) is 5.31. The summed E-state index contributed by atoms with van der Waals surface area (Å²) in [6.07, 6.45) is 1.76. The number of rotatable bonds is 5. The number of thiocarbonyl (C=S) groups is 1. The van der Waals surface area contributed by atoms with Crippen LogP contribution < -0.4 is 10.2 Å². The van der Waals surface area contributed by atoms with E-state index in [0.717, 1.165) is 34.0 Å². The summed E-state index contributed by atoms with van der Waals surface area (Å²) in [4.78, 5) is 17.9. The maximum absolute atomic E-state index is 14.1. The van der Waals surface area contributed by atoms with Crippen molar-refractivity contribution >= 4 is 29.0 Å². The van der Waals surface area contributed by atoms with Crippen molar-refractivity contribution in [3.8, 4) is 5.69 Å². The van der Waals surface area contributed by atoms with Gasteiger partial charge in [0.1, 0.15) is 5.82 Å². The largest absolute Gasteiger partial charge is 0.478 e. The second kappa shape index (κ2) is 9.20.